The normalized spacial score (nSPS) is 20.4. The van der Waals surface area contributed by atoms with Crippen molar-refractivity contribution < 1.29 is 32.2 Å². The van der Waals surface area contributed by atoms with Crippen molar-refractivity contribution in [2.75, 3.05) is 18.9 Å². The lowest BCUT2D eigenvalue weighted by Crippen LogP contribution is -2.49. The van der Waals surface area contributed by atoms with E-state index < -0.39 is 12.4 Å². The maximum absolute atomic E-state index is 13.7. The Bertz CT molecular complexity index is 1250. The number of nitrogens with zero attached hydrogens (tertiary/aromatic N) is 2. The molecular weight excluding hydrogens is 451 g/mol. The van der Waals surface area contributed by atoms with Crippen LogP contribution in [0.2, 0.25) is 0 Å². The number of amides is 1. The fourth-order valence-corrected chi connectivity index (χ4v) is 4.56. The minimum absolute atomic E-state index is 0.206. The fraction of sp³-hybridized carbons (Fsp3) is 0.333. The maximum Gasteiger partial charge on any atom is 0.573 e. The number of ether oxygens (including phenoxy) is 3. The van der Waals surface area contributed by atoms with Gasteiger partial charge < -0.3 is 24.8 Å². The molecule has 7 nitrogen and oxygen atoms in total. The van der Waals surface area contributed by atoms with E-state index in [1.54, 1.807) is 23.1 Å². The summed E-state index contributed by atoms with van der Waals surface area (Å²) in [5.74, 6) is -0.0991. The molecule has 1 saturated heterocycles. The molecule has 1 amide bonds. The van der Waals surface area contributed by atoms with Gasteiger partial charge in [0.25, 0.3) is 5.91 Å². The number of carbonyl (C=O) groups is 1. The van der Waals surface area contributed by atoms with E-state index in [4.69, 9.17) is 15.2 Å². The Morgan fingerprint density at radius 3 is 2.56 bits per heavy atom. The fourth-order valence-electron chi connectivity index (χ4n) is 4.56. The number of rotatable bonds is 3. The summed E-state index contributed by atoms with van der Waals surface area (Å²) >= 11 is 0. The second-order valence-electron chi connectivity index (χ2n) is 8.41. The quantitative estimate of drug-likeness (QED) is 0.609. The molecule has 3 heterocycles. The Morgan fingerprint density at radius 2 is 1.82 bits per heavy atom. The van der Waals surface area contributed by atoms with Gasteiger partial charge in [0.15, 0.2) is 0 Å². The van der Waals surface area contributed by atoms with E-state index in [1.807, 2.05) is 6.92 Å². The molecule has 5 rings (SSSR count). The molecule has 0 aliphatic carbocycles. The van der Waals surface area contributed by atoms with Crippen LogP contribution in [-0.4, -0.2) is 41.4 Å². The van der Waals surface area contributed by atoms with Crippen molar-refractivity contribution in [3.05, 3.63) is 64.7 Å². The summed E-state index contributed by atoms with van der Waals surface area (Å²) in [5, 5.41) is 0.818. The third-order valence-corrected chi connectivity index (χ3v) is 6.15. The molecule has 3 aromatic rings. The molecule has 0 radical (unpaired) electrons. The van der Waals surface area contributed by atoms with E-state index in [9.17, 15) is 18.0 Å². The number of aromatic nitrogens is 1. The van der Waals surface area contributed by atoms with E-state index in [2.05, 4.69) is 9.72 Å². The summed E-state index contributed by atoms with van der Waals surface area (Å²) in [7, 11) is 0. The van der Waals surface area contributed by atoms with Gasteiger partial charge in [0.05, 0.1) is 44.0 Å². The van der Waals surface area contributed by atoms with Gasteiger partial charge in [-0.1, -0.05) is 12.1 Å². The SMILES string of the molecule is C[C@H]1COC[C@@H](c2ccc(OC(F)(F)F)cc2)N1C(=O)c1ccc2nc(N)c3c(c2c1)COC3. The highest BCUT2D eigenvalue weighted by atomic mass is 19.4. The number of halogens is 3. The lowest BCUT2D eigenvalue weighted by Gasteiger charge is -2.41. The number of pyridine rings is 1. The van der Waals surface area contributed by atoms with Crippen LogP contribution in [0, 0.1) is 0 Å². The molecule has 1 fully saturated rings. The van der Waals surface area contributed by atoms with E-state index in [-0.39, 0.29) is 24.3 Å². The molecule has 10 heteroatoms. The molecule has 2 N–H and O–H groups in total. The van der Waals surface area contributed by atoms with Crippen molar-refractivity contribution in [1.29, 1.82) is 0 Å². The van der Waals surface area contributed by atoms with Gasteiger partial charge >= 0.3 is 6.36 Å². The van der Waals surface area contributed by atoms with E-state index in [1.165, 1.54) is 24.3 Å². The second kappa shape index (κ2) is 8.44. The lowest BCUT2D eigenvalue weighted by atomic mass is 9.99. The highest BCUT2D eigenvalue weighted by Crippen LogP contribution is 2.34. The minimum Gasteiger partial charge on any atom is -0.406 e. The minimum atomic E-state index is -4.77. The summed E-state index contributed by atoms with van der Waals surface area (Å²) in [6.45, 7) is 3.24. The predicted octanol–water partition coefficient (Wildman–Crippen LogP) is 4.35. The summed E-state index contributed by atoms with van der Waals surface area (Å²) in [5.41, 5.74) is 9.64. The zero-order chi connectivity index (χ0) is 24.0. The number of anilines is 1. The third kappa shape index (κ3) is 4.14. The number of benzene rings is 2. The van der Waals surface area contributed by atoms with Crippen LogP contribution in [-0.2, 0) is 22.7 Å². The van der Waals surface area contributed by atoms with Crippen LogP contribution in [0.5, 0.6) is 5.75 Å². The van der Waals surface area contributed by atoms with E-state index in [0.717, 1.165) is 16.5 Å². The first-order chi connectivity index (χ1) is 16.2. The number of carbonyl (C=O) groups excluding carboxylic acids is 1. The van der Waals surface area contributed by atoms with Gasteiger partial charge in [0.2, 0.25) is 0 Å². The second-order valence-corrected chi connectivity index (χ2v) is 8.41. The average molecular weight is 473 g/mol. The largest absolute Gasteiger partial charge is 0.573 e. The number of morpholine rings is 1. The molecule has 0 bridgehead atoms. The molecule has 2 atom stereocenters. The molecule has 2 aliphatic heterocycles. The van der Waals surface area contributed by atoms with Crippen molar-refractivity contribution in [3.63, 3.8) is 0 Å². The molecule has 178 valence electrons. The Morgan fingerprint density at radius 1 is 1.09 bits per heavy atom. The molecule has 2 aromatic carbocycles. The smallest absolute Gasteiger partial charge is 0.406 e. The van der Waals surface area contributed by atoms with Crippen LogP contribution in [0.15, 0.2) is 42.5 Å². The van der Waals surface area contributed by atoms with Crippen LogP contribution >= 0.6 is 0 Å². The number of hydrogen-bond donors (Lipinski definition) is 1. The van der Waals surface area contributed by atoms with Crippen molar-refractivity contribution in [2.24, 2.45) is 0 Å². The van der Waals surface area contributed by atoms with Crippen molar-refractivity contribution in [3.8, 4) is 5.75 Å². The van der Waals surface area contributed by atoms with Gasteiger partial charge in [-0.15, -0.1) is 13.2 Å². The number of hydrogen-bond acceptors (Lipinski definition) is 6. The summed E-state index contributed by atoms with van der Waals surface area (Å²) < 4.78 is 52.7. The first-order valence-electron chi connectivity index (χ1n) is 10.8. The first kappa shape index (κ1) is 22.4. The van der Waals surface area contributed by atoms with E-state index >= 15 is 0 Å². The average Bonchev–Trinajstić information content (AvgIpc) is 3.29. The number of alkyl halides is 3. The van der Waals surface area contributed by atoms with Gasteiger partial charge in [0.1, 0.15) is 11.6 Å². The van der Waals surface area contributed by atoms with Gasteiger partial charge in [-0.3, -0.25) is 4.79 Å². The Kier molecular flexibility index (Phi) is 5.57. The van der Waals surface area contributed by atoms with Crippen LogP contribution in [0.4, 0.5) is 19.0 Å². The Hall–Kier alpha value is -3.37. The zero-order valence-electron chi connectivity index (χ0n) is 18.3. The maximum atomic E-state index is 13.7. The molecule has 0 saturated carbocycles. The number of nitrogen functional groups attached to an aromatic ring is 1. The standard InChI is InChI=1S/C24H22F3N3O4/c1-13-9-32-12-21(14-2-5-16(6-3-14)34-24(25,26)27)30(13)23(31)15-4-7-20-17(8-15)18-10-33-11-19(18)22(28)29-20/h2-8,13,21H,9-12H2,1H3,(H2,28,29)/t13-,21-/m0/s1. The highest BCUT2D eigenvalue weighted by Gasteiger charge is 2.35. The van der Waals surface area contributed by atoms with Crippen LogP contribution in [0.3, 0.4) is 0 Å². The van der Waals surface area contributed by atoms with Crippen molar-refractivity contribution in [1.82, 2.24) is 9.88 Å². The molecule has 1 aromatic heterocycles. The van der Waals surface area contributed by atoms with Crippen molar-refractivity contribution in [2.45, 2.75) is 38.6 Å². The van der Waals surface area contributed by atoms with Gasteiger partial charge in [-0.25, -0.2) is 4.98 Å². The number of nitrogens with two attached hydrogens (primary N) is 1. The molecule has 34 heavy (non-hydrogen) atoms. The first-order valence-corrected chi connectivity index (χ1v) is 10.8. The zero-order valence-corrected chi connectivity index (χ0v) is 18.3. The third-order valence-electron chi connectivity index (χ3n) is 6.15. The van der Waals surface area contributed by atoms with Crippen LogP contribution < -0.4 is 10.5 Å². The van der Waals surface area contributed by atoms with Crippen LogP contribution in [0.25, 0.3) is 10.9 Å². The number of fused-ring (bicyclic) bond motifs is 3. The Balaban J connectivity index is 1.48. The highest BCUT2D eigenvalue weighted by molar-refractivity contribution is 5.99. The van der Waals surface area contributed by atoms with Crippen molar-refractivity contribution >= 4 is 22.6 Å². The summed E-state index contributed by atoms with van der Waals surface area (Å²) in [6, 6.07) is 10.1. The van der Waals surface area contributed by atoms with Gasteiger partial charge in [0, 0.05) is 16.5 Å². The van der Waals surface area contributed by atoms with Gasteiger partial charge in [-0.05, 0) is 48.4 Å². The molecule has 0 unspecified atom stereocenters. The molecular formula is C24H22F3N3O4. The summed E-state index contributed by atoms with van der Waals surface area (Å²) in [6.07, 6.45) is -4.77. The lowest BCUT2D eigenvalue weighted by molar-refractivity contribution is -0.274. The summed E-state index contributed by atoms with van der Waals surface area (Å²) in [4.78, 5) is 19.8. The monoisotopic (exact) mass is 473 g/mol. The predicted molar refractivity (Wildman–Crippen MR) is 117 cm³/mol. The topological polar surface area (TPSA) is 86.9 Å². The van der Waals surface area contributed by atoms with E-state index in [0.29, 0.717) is 42.3 Å². The molecule has 0 spiro atoms. The van der Waals surface area contributed by atoms with Crippen LogP contribution in [0.1, 0.15) is 40.0 Å². The molecule has 2 aliphatic rings. The van der Waals surface area contributed by atoms with Gasteiger partial charge in [-0.2, -0.15) is 0 Å². The Labute approximate surface area is 193 Å².